The highest BCUT2D eigenvalue weighted by Crippen LogP contribution is 2.29. The number of phenolic OH excluding ortho intramolecular Hbond substituents is 1. The first-order valence-electron chi connectivity index (χ1n) is 6.20. The second kappa shape index (κ2) is 6.12. The first-order valence-corrected chi connectivity index (χ1v) is 7.02. The Labute approximate surface area is 116 Å². The molecule has 2 aromatic rings. The van der Waals surface area contributed by atoms with Crippen molar-refractivity contribution >= 4 is 11.3 Å². The first kappa shape index (κ1) is 14.0. The molecule has 0 aliphatic rings. The third-order valence-electron chi connectivity index (χ3n) is 2.59. The quantitative estimate of drug-likeness (QED) is 0.882. The van der Waals surface area contributed by atoms with Crippen LogP contribution in [0, 0.1) is 11.7 Å². The molecule has 19 heavy (non-hydrogen) atoms. The van der Waals surface area contributed by atoms with E-state index in [1.165, 1.54) is 17.4 Å². The van der Waals surface area contributed by atoms with Gasteiger partial charge in [0.1, 0.15) is 16.6 Å². The van der Waals surface area contributed by atoms with Crippen molar-refractivity contribution in [2.45, 2.75) is 20.4 Å². The van der Waals surface area contributed by atoms with Crippen LogP contribution in [0.15, 0.2) is 24.4 Å². The predicted octanol–water partition coefficient (Wildman–Crippen LogP) is 3.40. The summed E-state index contributed by atoms with van der Waals surface area (Å²) in [5, 5.41) is 13.2. The number of nitrogens with one attached hydrogen (secondary N) is 1. The Morgan fingerprint density at radius 2 is 2.21 bits per heavy atom. The summed E-state index contributed by atoms with van der Waals surface area (Å²) < 4.78 is 13.7. The van der Waals surface area contributed by atoms with Gasteiger partial charge in [0.15, 0.2) is 0 Å². The number of benzene rings is 1. The molecule has 0 saturated heterocycles. The highest BCUT2D eigenvalue weighted by atomic mass is 32.1. The van der Waals surface area contributed by atoms with E-state index in [-0.39, 0.29) is 5.75 Å². The summed E-state index contributed by atoms with van der Waals surface area (Å²) in [6, 6.07) is 4.12. The average Bonchev–Trinajstić information content (AvgIpc) is 2.77. The van der Waals surface area contributed by atoms with E-state index >= 15 is 0 Å². The fraction of sp³-hybridized carbons (Fsp3) is 0.357. The molecule has 2 N–H and O–H groups in total. The van der Waals surface area contributed by atoms with Gasteiger partial charge >= 0.3 is 0 Å². The first-order chi connectivity index (χ1) is 9.06. The maximum Gasteiger partial charge on any atom is 0.137 e. The van der Waals surface area contributed by atoms with Crippen LogP contribution in [0.1, 0.15) is 18.7 Å². The number of aromatic hydroxyl groups is 1. The number of halogens is 1. The Morgan fingerprint density at radius 1 is 1.42 bits per heavy atom. The van der Waals surface area contributed by atoms with Crippen LogP contribution < -0.4 is 5.32 Å². The summed E-state index contributed by atoms with van der Waals surface area (Å²) in [5.41, 5.74) is 0.429. The van der Waals surface area contributed by atoms with E-state index in [1.54, 1.807) is 12.3 Å². The maximum atomic E-state index is 13.7. The second-order valence-corrected chi connectivity index (χ2v) is 5.94. The van der Waals surface area contributed by atoms with Crippen molar-refractivity contribution in [1.29, 1.82) is 0 Å². The van der Waals surface area contributed by atoms with Crippen molar-refractivity contribution in [3.8, 4) is 16.3 Å². The number of phenols is 1. The van der Waals surface area contributed by atoms with Crippen LogP contribution in [-0.4, -0.2) is 16.6 Å². The minimum Gasteiger partial charge on any atom is -0.508 e. The number of hydrogen-bond donors (Lipinski definition) is 2. The van der Waals surface area contributed by atoms with E-state index in [1.807, 2.05) is 0 Å². The maximum absolute atomic E-state index is 13.7. The van der Waals surface area contributed by atoms with Gasteiger partial charge in [0.2, 0.25) is 0 Å². The second-order valence-electron chi connectivity index (χ2n) is 4.82. The van der Waals surface area contributed by atoms with Gasteiger partial charge in [-0.1, -0.05) is 13.8 Å². The molecular formula is C14H17FN2OS. The molecule has 2 rings (SSSR count). The molecule has 0 aliphatic carbocycles. The molecule has 0 bridgehead atoms. The Balaban J connectivity index is 2.08. The van der Waals surface area contributed by atoms with Gasteiger partial charge < -0.3 is 10.4 Å². The molecule has 102 valence electrons. The molecule has 5 heteroatoms. The fourth-order valence-electron chi connectivity index (χ4n) is 1.68. The molecule has 1 aromatic heterocycles. The van der Waals surface area contributed by atoms with Crippen LogP contribution >= 0.6 is 11.3 Å². The van der Waals surface area contributed by atoms with Crippen LogP contribution in [0.4, 0.5) is 4.39 Å². The van der Waals surface area contributed by atoms with Gasteiger partial charge in [-0.05, 0) is 24.6 Å². The molecule has 0 saturated carbocycles. The summed E-state index contributed by atoms with van der Waals surface area (Å²) >= 11 is 1.46. The Bertz CT molecular complexity index is 554. The zero-order valence-electron chi connectivity index (χ0n) is 11.0. The lowest BCUT2D eigenvalue weighted by Gasteiger charge is -2.04. The summed E-state index contributed by atoms with van der Waals surface area (Å²) in [6.07, 6.45) is 1.76. The van der Waals surface area contributed by atoms with Gasteiger partial charge in [-0.15, -0.1) is 11.3 Å². The lowest BCUT2D eigenvalue weighted by Crippen LogP contribution is -2.18. The normalized spacial score (nSPS) is 11.2. The Kier molecular flexibility index (Phi) is 4.50. The largest absolute Gasteiger partial charge is 0.508 e. The summed E-state index contributed by atoms with van der Waals surface area (Å²) in [4.78, 5) is 5.30. The van der Waals surface area contributed by atoms with Crippen molar-refractivity contribution in [2.24, 2.45) is 5.92 Å². The minimum absolute atomic E-state index is 0.0726. The monoisotopic (exact) mass is 280 g/mol. The van der Waals surface area contributed by atoms with Crippen molar-refractivity contribution < 1.29 is 9.50 Å². The zero-order chi connectivity index (χ0) is 13.8. The summed E-state index contributed by atoms with van der Waals surface area (Å²) in [5.74, 6) is 0.0783. The average molecular weight is 280 g/mol. The molecule has 0 spiro atoms. The van der Waals surface area contributed by atoms with Crippen LogP contribution in [0.3, 0.4) is 0 Å². The van der Waals surface area contributed by atoms with Crippen molar-refractivity contribution in [2.75, 3.05) is 6.54 Å². The molecule has 1 aromatic carbocycles. The van der Waals surface area contributed by atoms with Crippen LogP contribution in [0.25, 0.3) is 10.6 Å². The fourth-order valence-corrected chi connectivity index (χ4v) is 2.58. The third-order valence-corrected chi connectivity index (χ3v) is 3.62. The van der Waals surface area contributed by atoms with Crippen molar-refractivity contribution in [1.82, 2.24) is 10.3 Å². The molecule has 0 radical (unpaired) electrons. The molecule has 0 amide bonds. The van der Waals surface area contributed by atoms with Crippen LogP contribution in [0.2, 0.25) is 0 Å². The topological polar surface area (TPSA) is 45.2 Å². The highest BCUT2D eigenvalue weighted by Gasteiger charge is 2.10. The van der Waals surface area contributed by atoms with Gasteiger partial charge in [0.25, 0.3) is 0 Å². The Hall–Kier alpha value is -1.46. The van der Waals surface area contributed by atoms with E-state index in [9.17, 15) is 9.50 Å². The van der Waals surface area contributed by atoms with E-state index in [0.717, 1.165) is 24.0 Å². The molecule has 0 unspecified atom stereocenters. The van der Waals surface area contributed by atoms with Gasteiger partial charge in [0.05, 0.1) is 0 Å². The number of thiazole rings is 1. The number of nitrogens with zero attached hydrogens (tertiary/aromatic N) is 1. The van der Waals surface area contributed by atoms with E-state index in [0.29, 0.717) is 16.5 Å². The molecule has 0 fully saturated rings. The van der Waals surface area contributed by atoms with E-state index < -0.39 is 5.82 Å². The SMILES string of the molecule is CC(C)CNCc1cnc(-c2ccc(O)cc2F)s1. The van der Waals surface area contributed by atoms with Crippen LogP contribution in [0.5, 0.6) is 5.75 Å². The molecule has 0 atom stereocenters. The van der Waals surface area contributed by atoms with Gasteiger partial charge in [-0.3, -0.25) is 0 Å². The predicted molar refractivity (Wildman–Crippen MR) is 75.7 cm³/mol. The number of rotatable bonds is 5. The molecule has 3 nitrogen and oxygen atoms in total. The number of aromatic nitrogens is 1. The zero-order valence-corrected chi connectivity index (χ0v) is 11.8. The van der Waals surface area contributed by atoms with Gasteiger partial charge in [0, 0.05) is 29.2 Å². The van der Waals surface area contributed by atoms with E-state index in [4.69, 9.17) is 0 Å². The van der Waals surface area contributed by atoms with Gasteiger partial charge in [-0.25, -0.2) is 9.37 Å². The van der Waals surface area contributed by atoms with Crippen molar-refractivity contribution in [3.63, 3.8) is 0 Å². The van der Waals surface area contributed by atoms with E-state index in [2.05, 4.69) is 24.1 Å². The number of hydrogen-bond acceptors (Lipinski definition) is 4. The van der Waals surface area contributed by atoms with Crippen LogP contribution in [-0.2, 0) is 6.54 Å². The minimum atomic E-state index is -0.448. The molecule has 1 heterocycles. The van der Waals surface area contributed by atoms with Crippen molar-refractivity contribution in [3.05, 3.63) is 35.1 Å². The highest BCUT2D eigenvalue weighted by molar-refractivity contribution is 7.15. The standard InChI is InChI=1S/C14H17FN2OS/c1-9(2)6-16-7-11-8-17-14(19-11)12-4-3-10(18)5-13(12)15/h3-5,8-9,16,18H,6-7H2,1-2H3. The Morgan fingerprint density at radius 3 is 2.89 bits per heavy atom. The lowest BCUT2D eigenvalue weighted by atomic mass is 10.2. The molecule has 0 aliphatic heterocycles. The third kappa shape index (κ3) is 3.75. The van der Waals surface area contributed by atoms with Gasteiger partial charge in [-0.2, -0.15) is 0 Å². The summed E-state index contributed by atoms with van der Waals surface area (Å²) in [7, 11) is 0. The summed E-state index contributed by atoms with van der Waals surface area (Å²) in [6.45, 7) is 5.99. The smallest absolute Gasteiger partial charge is 0.137 e. The molecular weight excluding hydrogens is 263 g/mol. The lowest BCUT2D eigenvalue weighted by molar-refractivity contribution is 0.469.